The lowest BCUT2D eigenvalue weighted by molar-refractivity contribution is -0.115. The highest BCUT2D eigenvalue weighted by molar-refractivity contribution is 7.99. The van der Waals surface area contributed by atoms with Crippen molar-refractivity contribution in [3.05, 3.63) is 53.6 Å². The molecule has 0 bridgehead atoms. The van der Waals surface area contributed by atoms with Crippen LogP contribution in [0.2, 0.25) is 0 Å². The Morgan fingerprint density at radius 1 is 1.08 bits per heavy atom. The summed E-state index contributed by atoms with van der Waals surface area (Å²) in [6.07, 6.45) is 0.451. The lowest BCUT2D eigenvalue weighted by atomic mass is 10.1. The molecule has 0 saturated heterocycles. The van der Waals surface area contributed by atoms with Gasteiger partial charge in [0.2, 0.25) is 11.8 Å². The molecule has 2 aromatic rings. The molecule has 0 radical (unpaired) electrons. The molecule has 6 nitrogen and oxygen atoms in total. The van der Waals surface area contributed by atoms with Gasteiger partial charge in [-0.2, -0.15) is 0 Å². The van der Waals surface area contributed by atoms with E-state index in [1.165, 1.54) is 0 Å². The fourth-order valence-corrected chi connectivity index (χ4v) is 3.22. The van der Waals surface area contributed by atoms with Crippen molar-refractivity contribution < 1.29 is 14.4 Å². The van der Waals surface area contributed by atoms with E-state index < -0.39 is 5.91 Å². The van der Waals surface area contributed by atoms with E-state index in [4.69, 9.17) is 5.73 Å². The number of primary amides is 1. The van der Waals surface area contributed by atoms with Crippen molar-refractivity contribution in [1.29, 1.82) is 0 Å². The van der Waals surface area contributed by atoms with Gasteiger partial charge in [-0.25, -0.2) is 0 Å². The molecule has 0 spiro atoms. The number of hydrogen-bond acceptors (Lipinski definition) is 4. The number of fused-ring (bicyclic) bond motifs is 1. The van der Waals surface area contributed by atoms with Gasteiger partial charge in [-0.1, -0.05) is 0 Å². The van der Waals surface area contributed by atoms with E-state index >= 15 is 0 Å². The van der Waals surface area contributed by atoms with Crippen LogP contribution in [0.5, 0.6) is 0 Å². The summed E-state index contributed by atoms with van der Waals surface area (Å²) in [7, 11) is 0. The second kappa shape index (κ2) is 6.76. The zero-order chi connectivity index (χ0) is 17.1. The van der Waals surface area contributed by atoms with Crippen LogP contribution in [0.3, 0.4) is 0 Å². The van der Waals surface area contributed by atoms with E-state index in [9.17, 15) is 14.4 Å². The highest BCUT2D eigenvalue weighted by atomic mass is 32.2. The number of carbonyl (C=O) groups excluding carboxylic acids is 3. The quantitative estimate of drug-likeness (QED) is 0.798. The van der Waals surface area contributed by atoms with Gasteiger partial charge in [-0.15, -0.1) is 11.8 Å². The Hall–Kier alpha value is -2.80. The SMILES string of the molecule is NC(=O)c1ccc(NC(=O)c2ccc3c(c2)NC(=O)CCS3)cc1. The predicted molar refractivity (Wildman–Crippen MR) is 93.3 cm³/mol. The zero-order valence-corrected chi connectivity index (χ0v) is 13.5. The van der Waals surface area contributed by atoms with Crippen molar-refractivity contribution in [3.63, 3.8) is 0 Å². The Kier molecular flexibility index (Phi) is 4.52. The van der Waals surface area contributed by atoms with Gasteiger partial charge in [0.25, 0.3) is 5.91 Å². The minimum Gasteiger partial charge on any atom is -0.366 e. The van der Waals surface area contributed by atoms with E-state index in [1.807, 2.05) is 6.07 Å². The fourth-order valence-electron chi connectivity index (χ4n) is 2.28. The third-order valence-electron chi connectivity index (χ3n) is 3.53. The van der Waals surface area contributed by atoms with Crippen LogP contribution in [0.4, 0.5) is 11.4 Å². The summed E-state index contributed by atoms with van der Waals surface area (Å²) in [5.74, 6) is -0.155. The van der Waals surface area contributed by atoms with Crippen molar-refractivity contribution >= 4 is 40.9 Å². The minimum atomic E-state index is -0.521. The standard InChI is InChI=1S/C17H15N3O3S/c18-16(22)10-1-4-12(5-2-10)19-17(23)11-3-6-14-13(9-11)20-15(21)7-8-24-14/h1-6,9H,7-8H2,(H2,18,22)(H,19,23)(H,20,21). The molecule has 1 aliphatic rings. The topological polar surface area (TPSA) is 101 Å². The molecule has 0 unspecified atom stereocenters. The van der Waals surface area contributed by atoms with Gasteiger partial charge in [0.05, 0.1) is 5.69 Å². The number of hydrogen-bond donors (Lipinski definition) is 3. The average molecular weight is 341 g/mol. The number of rotatable bonds is 3. The Morgan fingerprint density at radius 3 is 2.50 bits per heavy atom. The van der Waals surface area contributed by atoms with Crippen LogP contribution in [-0.2, 0) is 4.79 Å². The molecule has 0 atom stereocenters. The first-order valence-corrected chi connectivity index (χ1v) is 8.29. The van der Waals surface area contributed by atoms with Gasteiger partial charge >= 0.3 is 0 Å². The maximum atomic E-state index is 12.4. The van der Waals surface area contributed by atoms with Crippen LogP contribution in [0.1, 0.15) is 27.1 Å². The highest BCUT2D eigenvalue weighted by Gasteiger charge is 2.16. The average Bonchev–Trinajstić information content (AvgIpc) is 2.75. The number of nitrogens with two attached hydrogens (primary N) is 1. The molecule has 0 saturated carbocycles. The summed E-state index contributed by atoms with van der Waals surface area (Å²) in [6, 6.07) is 11.5. The molecular formula is C17H15N3O3S. The summed E-state index contributed by atoms with van der Waals surface area (Å²) in [5.41, 5.74) is 7.20. The molecule has 1 heterocycles. The molecule has 24 heavy (non-hydrogen) atoms. The third-order valence-corrected chi connectivity index (χ3v) is 4.61. The fraction of sp³-hybridized carbons (Fsp3) is 0.118. The zero-order valence-electron chi connectivity index (χ0n) is 12.7. The van der Waals surface area contributed by atoms with Gasteiger partial charge in [0.15, 0.2) is 0 Å². The van der Waals surface area contributed by atoms with Crippen LogP contribution >= 0.6 is 11.8 Å². The maximum absolute atomic E-state index is 12.4. The minimum absolute atomic E-state index is 0.0548. The first-order valence-electron chi connectivity index (χ1n) is 7.31. The largest absolute Gasteiger partial charge is 0.366 e. The molecule has 4 N–H and O–H groups in total. The van der Waals surface area contributed by atoms with Crippen LogP contribution in [0.15, 0.2) is 47.4 Å². The number of nitrogens with one attached hydrogen (secondary N) is 2. The molecule has 7 heteroatoms. The highest BCUT2D eigenvalue weighted by Crippen LogP contribution is 2.31. The summed E-state index contributed by atoms with van der Waals surface area (Å²) in [6.45, 7) is 0. The molecule has 3 rings (SSSR count). The van der Waals surface area contributed by atoms with Crippen molar-refractivity contribution in [2.24, 2.45) is 5.73 Å². The van der Waals surface area contributed by atoms with Crippen molar-refractivity contribution in [3.8, 4) is 0 Å². The van der Waals surface area contributed by atoms with Crippen LogP contribution in [0, 0.1) is 0 Å². The number of carbonyl (C=O) groups is 3. The smallest absolute Gasteiger partial charge is 0.255 e. The molecule has 1 aliphatic heterocycles. The van der Waals surface area contributed by atoms with E-state index in [2.05, 4.69) is 10.6 Å². The van der Waals surface area contributed by atoms with Crippen molar-refractivity contribution in [2.75, 3.05) is 16.4 Å². The van der Waals surface area contributed by atoms with E-state index in [0.717, 1.165) is 10.6 Å². The Bertz CT molecular complexity index is 818. The van der Waals surface area contributed by atoms with Gasteiger partial charge in [-0.05, 0) is 42.5 Å². The molecule has 0 aromatic heterocycles. The second-order valence-corrected chi connectivity index (χ2v) is 6.39. The Morgan fingerprint density at radius 2 is 1.79 bits per heavy atom. The lowest BCUT2D eigenvalue weighted by Gasteiger charge is -2.10. The summed E-state index contributed by atoms with van der Waals surface area (Å²) in [5, 5.41) is 5.56. The van der Waals surface area contributed by atoms with E-state index in [-0.39, 0.29) is 11.8 Å². The van der Waals surface area contributed by atoms with Crippen LogP contribution in [-0.4, -0.2) is 23.5 Å². The van der Waals surface area contributed by atoms with Crippen molar-refractivity contribution in [2.45, 2.75) is 11.3 Å². The van der Waals surface area contributed by atoms with Crippen molar-refractivity contribution in [1.82, 2.24) is 0 Å². The molecule has 2 aromatic carbocycles. The summed E-state index contributed by atoms with van der Waals surface area (Å²) < 4.78 is 0. The molecule has 0 aliphatic carbocycles. The normalized spacial score (nSPS) is 13.4. The first kappa shape index (κ1) is 16.1. The molecule has 122 valence electrons. The summed E-state index contributed by atoms with van der Waals surface area (Å²) >= 11 is 1.58. The van der Waals surface area contributed by atoms with Crippen LogP contribution < -0.4 is 16.4 Å². The molecular weight excluding hydrogens is 326 g/mol. The Labute approximate surface area is 142 Å². The molecule has 3 amide bonds. The number of amides is 3. The van der Waals surface area contributed by atoms with Gasteiger partial charge in [-0.3, -0.25) is 14.4 Å². The summed E-state index contributed by atoms with van der Waals surface area (Å²) in [4.78, 5) is 36.0. The third kappa shape index (κ3) is 3.57. The van der Waals surface area contributed by atoms with Gasteiger partial charge in [0.1, 0.15) is 0 Å². The monoisotopic (exact) mass is 341 g/mol. The number of thioether (sulfide) groups is 1. The van der Waals surface area contributed by atoms with Crippen LogP contribution in [0.25, 0.3) is 0 Å². The van der Waals surface area contributed by atoms with E-state index in [1.54, 1.807) is 48.2 Å². The first-order chi connectivity index (χ1) is 11.5. The number of anilines is 2. The predicted octanol–water partition coefficient (Wildman–Crippen LogP) is 2.47. The Balaban J connectivity index is 1.77. The second-order valence-electron chi connectivity index (χ2n) is 5.25. The van der Waals surface area contributed by atoms with Gasteiger partial charge < -0.3 is 16.4 Å². The lowest BCUT2D eigenvalue weighted by Crippen LogP contribution is -2.14. The number of benzene rings is 2. The maximum Gasteiger partial charge on any atom is 0.255 e. The van der Waals surface area contributed by atoms with Gasteiger partial charge in [0, 0.05) is 33.9 Å². The molecule has 0 fully saturated rings. The van der Waals surface area contributed by atoms with E-state index in [0.29, 0.717) is 28.9 Å².